The summed E-state index contributed by atoms with van der Waals surface area (Å²) in [5, 5.41) is 5.54. The topological polar surface area (TPSA) is 119 Å². The maximum atomic E-state index is 13.5. The highest BCUT2D eigenvalue weighted by molar-refractivity contribution is 7.19. The second-order valence-electron chi connectivity index (χ2n) is 8.51. The fraction of sp³-hybridized carbons (Fsp3) is 0.222. The Morgan fingerprint density at radius 1 is 0.946 bits per heavy atom. The van der Waals surface area contributed by atoms with Crippen LogP contribution in [-0.2, 0) is 11.2 Å². The van der Waals surface area contributed by atoms with Crippen molar-refractivity contribution >= 4 is 45.5 Å². The zero-order valence-corrected chi connectivity index (χ0v) is 21.7. The molecule has 37 heavy (non-hydrogen) atoms. The van der Waals surface area contributed by atoms with Crippen molar-refractivity contribution in [3.8, 4) is 0 Å². The van der Waals surface area contributed by atoms with E-state index < -0.39 is 23.3 Å². The summed E-state index contributed by atoms with van der Waals surface area (Å²) >= 11 is 0.966. The molecule has 2 N–H and O–H groups in total. The maximum absolute atomic E-state index is 13.5. The number of hydrogen-bond donors (Lipinski definition) is 2. The molecule has 0 aliphatic rings. The molecule has 0 saturated heterocycles. The van der Waals surface area contributed by atoms with Crippen LogP contribution in [0.25, 0.3) is 4.96 Å². The smallest absolute Gasteiger partial charge is 0.337 e. The molecule has 0 aliphatic carbocycles. The second kappa shape index (κ2) is 10.8. The van der Waals surface area contributed by atoms with Crippen LogP contribution < -0.4 is 16.2 Å². The Morgan fingerprint density at radius 2 is 1.62 bits per heavy atom. The number of fused-ring (bicyclic) bond motifs is 1. The Morgan fingerprint density at radius 3 is 2.27 bits per heavy atom. The second-order valence-corrected chi connectivity index (χ2v) is 9.49. The van der Waals surface area contributed by atoms with Gasteiger partial charge in [-0.25, -0.2) is 14.2 Å². The SMILES string of the molecule is CCCc1cc(=O)n2c(C(=O)Nc3ccc(C)c(C)c3)c(C(=O)Nc3ccc(C(=O)OC)cc3)sc2n1. The number of anilines is 2. The van der Waals surface area contributed by atoms with Crippen LogP contribution >= 0.6 is 11.3 Å². The lowest BCUT2D eigenvalue weighted by atomic mass is 10.1. The van der Waals surface area contributed by atoms with Gasteiger partial charge in [0, 0.05) is 23.1 Å². The number of carbonyl (C=O) groups is 3. The number of amides is 2. The van der Waals surface area contributed by atoms with Gasteiger partial charge in [-0.05, 0) is 67.8 Å². The van der Waals surface area contributed by atoms with Gasteiger partial charge in [-0.1, -0.05) is 30.7 Å². The molecule has 2 heterocycles. The first-order valence-corrected chi connectivity index (χ1v) is 12.5. The van der Waals surface area contributed by atoms with Gasteiger partial charge in [-0.2, -0.15) is 0 Å². The Bertz CT molecular complexity index is 1570. The highest BCUT2D eigenvalue weighted by Gasteiger charge is 2.26. The van der Waals surface area contributed by atoms with Crippen LogP contribution in [0.3, 0.4) is 0 Å². The van der Waals surface area contributed by atoms with Gasteiger partial charge in [0.2, 0.25) is 0 Å². The number of rotatable bonds is 7. The standard InChI is InChI=1S/C27H26N4O5S/c1-5-6-19-14-21(32)31-22(24(33)29-20-10-7-15(2)16(3)13-20)23(37-27(31)30-19)25(34)28-18-11-8-17(9-12-18)26(35)36-4/h7-14H,5-6H2,1-4H3,(H,28,34)(H,29,33). The zero-order chi connectivity index (χ0) is 26.7. The van der Waals surface area contributed by atoms with Gasteiger partial charge in [0.05, 0.1) is 12.7 Å². The predicted octanol–water partition coefficient (Wildman–Crippen LogP) is 4.62. The van der Waals surface area contributed by atoms with E-state index in [4.69, 9.17) is 4.74 Å². The molecule has 0 atom stereocenters. The minimum Gasteiger partial charge on any atom is -0.465 e. The number of carbonyl (C=O) groups excluding carboxylic acids is 3. The van der Waals surface area contributed by atoms with Crippen molar-refractivity contribution in [2.24, 2.45) is 0 Å². The summed E-state index contributed by atoms with van der Waals surface area (Å²) in [7, 11) is 1.28. The summed E-state index contributed by atoms with van der Waals surface area (Å²) in [6.45, 7) is 5.87. The van der Waals surface area contributed by atoms with Crippen LogP contribution in [0.15, 0.2) is 53.3 Å². The quantitative estimate of drug-likeness (QED) is 0.345. The summed E-state index contributed by atoms with van der Waals surface area (Å²) in [6.07, 6.45) is 1.39. The molecule has 0 unspecified atom stereocenters. The molecule has 0 spiro atoms. The lowest BCUT2D eigenvalue weighted by Crippen LogP contribution is -2.25. The molecule has 4 aromatic rings. The summed E-state index contributed by atoms with van der Waals surface area (Å²) in [5.74, 6) is -1.68. The van der Waals surface area contributed by atoms with Crippen molar-refractivity contribution < 1.29 is 19.1 Å². The van der Waals surface area contributed by atoms with E-state index in [0.717, 1.165) is 28.9 Å². The van der Waals surface area contributed by atoms with Crippen LogP contribution in [0.4, 0.5) is 11.4 Å². The van der Waals surface area contributed by atoms with E-state index >= 15 is 0 Å². The van der Waals surface area contributed by atoms with Crippen molar-refractivity contribution in [1.29, 1.82) is 0 Å². The van der Waals surface area contributed by atoms with E-state index in [-0.39, 0.29) is 15.5 Å². The monoisotopic (exact) mass is 518 g/mol. The Hall–Kier alpha value is -4.31. The summed E-state index contributed by atoms with van der Waals surface area (Å²) in [4.78, 5) is 56.4. The number of methoxy groups -OCH3 is 1. The normalized spacial score (nSPS) is 10.8. The third-order valence-corrected chi connectivity index (χ3v) is 6.87. The largest absolute Gasteiger partial charge is 0.465 e. The number of nitrogens with zero attached hydrogens (tertiary/aromatic N) is 2. The first-order valence-electron chi connectivity index (χ1n) is 11.7. The first-order chi connectivity index (χ1) is 17.7. The number of ether oxygens (including phenoxy) is 1. The fourth-order valence-corrected chi connectivity index (χ4v) is 4.81. The zero-order valence-electron chi connectivity index (χ0n) is 20.9. The minimum absolute atomic E-state index is 0.0385. The molecule has 0 saturated carbocycles. The molecule has 0 radical (unpaired) electrons. The highest BCUT2D eigenvalue weighted by atomic mass is 32.1. The van der Waals surface area contributed by atoms with Gasteiger partial charge in [-0.15, -0.1) is 0 Å². The van der Waals surface area contributed by atoms with Crippen molar-refractivity contribution in [2.45, 2.75) is 33.6 Å². The van der Waals surface area contributed by atoms with Gasteiger partial charge in [0.25, 0.3) is 17.4 Å². The average Bonchev–Trinajstić information content (AvgIpc) is 3.27. The lowest BCUT2D eigenvalue weighted by Gasteiger charge is -2.10. The Balaban J connectivity index is 1.75. The summed E-state index contributed by atoms with van der Waals surface area (Å²) in [6, 6.07) is 13.0. The number of benzene rings is 2. The fourth-order valence-electron chi connectivity index (χ4n) is 3.77. The maximum Gasteiger partial charge on any atom is 0.337 e. The van der Waals surface area contributed by atoms with Crippen molar-refractivity contribution in [2.75, 3.05) is 17.7 Å². The number of aromatic nitrogens is 2. The highest BCUT2D eigenvalue weighted by Crippen LogP contribution is 2.25. The first kappa shape index (κ1) is 25.8. The molecule has 2 aromatic carbocycles. The molecule has 4 rings (SSSR count). The molecule has 9 nitrogen and oxygen atoms in total. The Kier molecular flexibility index (Phi) is 7.49. The number of nitrogens with one attached hydrogen (secondary N) is 2. The van der Waals surface area contributed by atoms with Crippen LogP contribution in [-0.4, -0.2) is 34.3 Å². The van der Waals surface area contributed by atoms with Crippen LogP contribution in [0, 0.1) is 13.8 Å². The molecule has 10 heteroatoms. The van der Waals surface area contributed by atoms with Gasteiger partial charge < -0.3 is 15.4 Å². The average molecular weight is 519 g/mol. The van der Waals surface area contributed by atoms with Crippen LogP contribution in [0.2, 0.25) is 0 Å². The van der Waals surface area contributed by atoms with Gasteiger partial charge >= 0.3 is 5.97 Å². The molecular formula is C27H26N4O5S. The van der Waals surface area contributed by atoms with E-state index in [0.29, 0.717) is 29.1 Å². The Labute approximate surface area is 217 Å². The number of aryl methyl sites for hydroxylation is 3. The third-order valence-electron chi connectivity index (χ3n) is 5.83. The third kappa shape index (κ3) is 5.44. The summed E-state index contributed by atoms with van der Waals surface area (Å²) in [5.41, 5.74) is 3.41. The van der Waals surface area contributed by atoms with Crippen LogP contribution in [0.5, 0.6) is 0 Å². The number of hydrogen-bond acceptors (Lipinski definition) is 7. The molecular weight excluding hydrogens is 492 g/mol. The molecule has 190 valence electrons. The van der Waals surface area contributed by atoms with E-state index in [1.807, 2.05) is 32.9 Å². The lowest BCUT2D eigenvalue weighted by molar-refractivity contribution is 0.0600. The van der Waals surface area contributed by atoms with Gasteiger partial charge in [0.1, 0.15) is 10.6 Å². The van der Waals surface area contributed by atoms with Crippen molar-refractivity contribution in [1.82, 2.24) is 9.38 Å². The molecule has 2 aromatic heterocycles. The van der Waals surface area contributed by atoms with E-state index in [2.05, 4.69) is 15.6 Å². The summed E-state index contributed by atoms with van der Waals surface area (Å²) < 4.78 is 5.87. The molecule has 0 bridgehead atoms. The van der Waals surface area contributed by atoms with E-state index in [9.17, 15) is 19.2 Å². The van der Waals surface area contributed by atoms with Gasteiger partial charge in [-0.3, -0.25) is 14.4 Å². The molecule has 0 aliphatic heterocycles. The predicted molar refractivity (Wildman–Crippen MR) is 143 cm³/mol. The van der Waals surface area contributed by atoms with E-state index in [1.165, 1.54) is 29.7 Å². The van der Waals surface area contributed by atoms with Crippen LogP contribution in [0.1, 0.15) is 60.7 Å². The minimum atomic E-state index is -0.604. The van der Waals surface area contributed by atoms with Crippen molar-refractivity contribution in [3.63, 3.8) is 0 Å². The molecule has 2 amide bonds. The van der Waals surface area contributed by atoms with E-state index in [1.54, 1.807) is 18.2 Å². The van der Waals surface area contributed by atoms with Gasteiger partial charge in [0.15, 0.2) is 4.96 Å². The molecule has 0 fully saturated rings. The number of esters is 1. The van der Waals surface area contributed by atoms with Crippen molar-refractivity contribution in [3.05, 3.63) is 91.8 Å². The number of thiazole rings is 1.